The number of fused-ring (bicyclic) bond motifs is 2. The Labute approximate surface area is 291 Å². The molecule has 1 saturated carbocycles. The fourth-order valence-electron chi connectivity index (χ4n) is 7.27. The highest BCUT2D eigenvalue weighted by Crippen LogP contribution is 2.47. The van der Waals surface area contributed by atoms with E-state index in [-0.39, 0.29) is 42.7 Å². The Morgan fingerprint density at radius 2 is 1.53 bits per heavy atom. The van der Waals surface area contributed by atoms with Gasteiger partial charge in [-0.1, -0.05) is 6.07 Å². The van der Waals surface area contributed by atoms with Crippen molar-refractivity contribution in [1.82, 2.24) is 0 Å². The molecule has 4 heterocycles. The monoisotopic (exact) mass is 726 g/mol. The first-order valence-electron chi connectivity index (χ1n) is 16.6. The molecule has 0 bridgehead atoms. The van der Waals surface area contributed by atoms with Gasteiger partial charge in [0.25, 0.3) is 0 Å². The van der Waals surface area contributed by atoms with Gasteiger partial charge in [-0.3, -0.25) is 0 Å². The van der Waals surface area contributed by atoms with Crippen molar-refractivity contribution in [3.8, 4) is 28.7 Å². The molecule has 282 valence electrons. The van der Waals surface area contributed by atoms with Gasteiger partial charge >= 0.3 is 0 Å². The molecule has 7 rings (SSSR count). The van der Waals surface area contributed by atoms with Crippen LogP contribution in [0, 0.1) is 17.8 Å². The topological polar surface area (TPSA) is 254 Å². The second kappa shape index (κ2) is 15.1. The Balaban J connectivity index is 1.01. The molecule has 0 radical (unpaired) electrons. The van der Waals surface area contributed by atoms with Crippen molar-refractivity contribution in [2.45, 2.75) is 80.2 Å². The van der Waals surface area contributed by atoms with Crippen LogP contribution < -0.4 is 23.7 Å². The van der Waals surface area contributed by atoms with Gasteiger partial charge in [-0.25, -0.2) is 10.1 Å². The molecule has 15 atom stereocenters. The second-order valence-corrected chi connectivity index (χ2v) is 13.2. The van der Waals surface area contributed by atoms with Crippen molar-refractivity contribution < 1.29 is 88.5 Å². The van der Waals surface area contributed by atoms with E-state index in [1.807, 2.05) is 18.2 Å². The molecule has 4 fully saturated rings. The Morgan fingerprint density at radius 3 is 2.29 bits per heavy atom. The third-order valence-electron chi connectivity index (χ3n) is 10.2. The predicted octanol–water partition coefficient (Wildman–Crippen LogP) is -1.35. The number of rotatable bonds is 11. The average molecular weight is 727 g/mol. The van der Waals surface area contributed by atoms with Gasteiger partial charge in [-0.05, 0) is 36.2 Å². The number of hydrogen-bond donors (Lipinski definition) is 8. The summed E-state index contributed by atoms with van der Waals surface area (Å²) in [5.41, 5.74) is 0.954. The van der Waals surface area contributed by atoms with E-state index >= 15 is 0 Å². The van der Waals surface area contributed by atoms with Crippen LogP contribution in [-0.2, 0) is 23.8 Å². The molecule has 8 N–H and O–H groups in total. The van der Waals surface area contributed by atoms with Gasteiger partial charge in [-0.2, -0.15) is 0 Å². The van der Waals surface area contributed by atoms with Crippen molar-refractivity contribution in [3.05, 3.63) is 42.0 Å². The molecule has 0 aromatic heterocycles. The van der Waals surface area contributed by atoms with Gasteiger partial charge in [0.05, 0.1) is 44.6 Å². The number of ether oxygens (including phenoxy) is 9. The zero-order valence-corrected chi connectivity index (χ0v) is 27.3. The quantitative estimate of drug-likeness (QED) is 0.0756. The maximum atomic E-state index is 10.7. The van der Waals surface area contributed by atoms with Gasteiger partial charge in [0, 0.05) is 24.5 Å². The first-order valence-corrected chi connectivity index (χ1v) is 16.6. The fraction of sp³-hybridized carbons (Fsp3) is 0.636. The third-order valence-corrected chi connectivity index (χ3v) is 10.2. The summed E-state index contributed by atoms with van der Waals surface area (Å²) in [5, 5.41) is 82.1. The fourth-order valence-corrected chi connectivity index (χ4v) is 7.27. The maximum Gasteiger partial charge on any atom is 0.231 e. The molecule has 5 aliphatic rings. The lowest BCUT2D eigenvalue weighted by Gasteiger charge is -2.44. The molecule has 0 spiro atoms. The summed E-state index contributed by atoms with van der Waals surface area (Å²) >= 11 is 0. The molecule has 4 aliphatic heterocycles. The Hall–Kier alpha value is -3.08. The summed E-state index contributed by atoms with van der Waals surface area (Å²) in [6.07, 6.45) is -18.0. The van der Waals surface area contributed by atoms with Crippen molar-refractivity contribution in [1.29, 1.82) is 0 Å². The number of aliphatic hydroxyl groups is 7. The summed E-state index contributed by atoms with van der Waals surface area (Å²) in [6.45, 7) is 0.447. The lowest BCUT2D eigenvalue weighted by atomic mass is 9.81. The normalized spacial score (nSPS) is 39.4. The molecule has 2 aromatic carbocycles. The lowest BCUT2D eigenvalue weighted by Crippen LogP contribution is -2.64. The minimum atomic E-state index is -1.90. The molecule has 3 saturated heterocycles. The molecule has 0 amide bonds. The second-order valence-electron chi connectivity index (χ2n) is 13.2. The summed E-state index contributed by atoms with van der Waals surface area (Å²) in [4.78, 5) is 4.38. The van der Waals surface area contributed by atoms with E-state index < -0.39 is 80.2 Å². The van der Waals surface area contributed by atoms with Crippen molar-refractivity contribution in [2.75, 3.05) is 33.7 Å². The standard InChI is InChI=1S/C33H42O18/c1-42-20-8-15(47-31-17-11-43-29(16(17)10-44-31)13-2-4-18-21(6-13)46-12-45-18)3-5-19(20)48-32-28(40)26(38)27(39)30(50-32)33(51-41)49-22-7-14(9-34)23(35)25(37)24(22)36/h2-6,8,14,16-17,22-41H,7,9-12H2,1H3. The van der Waals surface area contributed by atoms with Gasteiger partial charge in [0.1, 0.15) is 42.4 Å². The Bertz CT molecular complexity index is 1490. The summed E-state index contributed by atoms with van der Waals surface area (Å²) in [6, 6.07) is 10.3. The van der Waals surface area contributed by atoms with E-state index in [0.29, 0.717) is 30.5 Å². The van der Waals surface area contributed by atoms with Crippen LogP contribution in [0.1, 0.15) is 18.1 Å². The lowest BCUT2D eigenvalue weighted by molar-refractivity contribution is -0.412. The van der Waals surface area contributed by atoms with Crippen LogP contribution in [0.2, 0.25) is 0 Å². The summed E-state index contributed by atoms with van der Waals surface area (Å²) in [5.74, 6) is 0.989. The molecule has 18 heteroatoms. The molecule has 51 heavy (non-hydrogen) atoms. The van der Waals surface area contributed by atoms with E-state index in [4.69, 9.17) is 42.6 Å². The van der Waals surface area contributed by atoms with Gasteiger partial charge < -0.3 is 78.4 Å². The van der Waals surface area contributed by atoms with E-state index in [1.165, 1.54) is 19.2 Å². The molecular formula is C33H42O18. The van der Waals surface area contributed by atoms with Gasteiger partial charge in [0.15, 0.2) is 23.0 Å². The molecule has 2 aromatic rings. The highest BCUT2D eigenvalue weighted by atomic mass is 17.1. The minimum absolute atomic E-state index is 0.0318. The number of benzene rings is 2. The predicted molar refractivity (Wildman–Crippen MR) is 164 cm³/mol. The van der Waals surface area contributed by atoms with Gasteiger partial charge in [-0.15, -0.1) is 0 Å². The number of methoxy groups -OCH3 is 1. The average Bonchev–Trinajstić information content (AvgIpc) is 3.89. The Morgan fingerprint density at radius 1 is 0.765 bits per heavy atom. The first kappa shape index (κ1) is 36.3. The van der Waals surface area contributed by atoms with Gasteiger partial charge in [0.2, 0.25) is 25.7 Å². The van der Waals surface area contributed by atoms with Crippen molar-refractivity contribution in [2.24, 2.45) is 17.8 Å². The number of hydrogen-bond acceptors (Lipinski definition) is 18. The minimum Gasteiger partial charge on any atom is -0.493 e. The van der Waals surface area contributed by atoms with E-state index in [9.17, 15) is 41.0 Å². The maximum absolute atomic E-state index is 10.7. The van der Waals surface area contributed by atoms with Crippen LogP contribution in [0.25, 0.3) is 0 Å². The molecule has 1 aliphatic carbocycles. The van der Waals surface area contributed by atoms with Crippen LogP contribution in [0.4, 0.5) is 0 Å². The van der Waals surface area contributed by atoms with Crippen molar-refractivity contribution in [3.63, 3.8) is 0 Å². The smallest absolute Gasteiger partial charge is 0.231 e. The van der Waals surface area contributed by atoms with Crippen LogP contribution in [0.3, 0.4) is 0 Å². The van der Waals surface area contributed by atoms with Crippen molar-refractivity contribution >= 4 is 0 Å². The van der Waals surface area contributed by atoms with Crippen LogP contribution >= 0.6 is 0 Å². The van der Waals surface area contributed by atoms with E-state index in [0.717, 1.165) is 5.56 Å². The molecule has 18 nitrogen and oxygen atoms in total. The van der Waals surface area contributed by atoms with Crippen LogP contribution in [-0.4, -0.2) is 142 Å². The Kier molecular flexibility index (Phi) is 10.8. The summed E-state index contributed by atoms with van der Waals surface area (Å²) < 4.78 is 52.0. The SMILES string of the molecule is COc1cc(OC2OCC3C(c4ccc5c(c4)OCO5)OCC23)ccc1OC1OC(C(OO)OC2CC(CO)C(O)C(O)C2O)C(O)C(O)C1O. The third kappa shape index (κ3) is 6.93. The van der Waals surface area contributed by atoms with E-state index in [2.05, 4.69) is 4.89 Å². The molecular weight excluding hydrogens is 684 g/mol. The number of aliphatic hydroxyl groups excluding tert-OH is 7. The first-order chi connectivity index (χ1) is 24.6. The largest absolute Gasteiger partial charge is 0.493 e. The zero-order valence-electron chi connectivity index (χ0n) is 27.3. The molecule has 15 unspecified atom stereocenters. The highest BCUT2D eigenvalue weighted by molar-refractivity contribution is 5.46. The van der Waals surface area contributed by atoms with Crippen LogP contribution in [0.5, 0.6) is 28.7 Å². The summed E-state index contributed by atoms with van der Waals surface area (Å²) in [7, 11) is 1.37. The van der Waals surface area contributed by atoms with E-state index in [1.54, 1.807) is 6.07 Å². The zero-order chi connectivity index (χ0) is 36.0. The highest BCUT2D eigenvalue weighted by Gasteiger charge is 2.52. The van der Waals surface area contributed by atoms with Crippen LogP contribution in [0.15, 0.2) is 36.4 Å².